The van der Waals surface area contributed by atoms with Crippen molar-refractivity contribution in [3.05, 3.63) is 35.4 Å². The van der Waals surface area contributed by atoms with Crippen LogP contribution in [0.2, 0.25) is 0 Å². The molecule has 1 saturated carbocycles. The van der Waals surface area contributed by atoms with Crippen LogP contribution in [0.5, 0.6) is 0 Å². The lowest BCUT2D eigenvalue weighted by molar-refractivity contribution is 0.122. The van der Waals surface area contributed by atoms with E-state index in [9.17, 15) is 8.78 Å². The molecule has 0 saturated heterocycles. The average molecular weight is 293 g/mol. The monoisotopic (exact) mass is 293 g/mol. The van der Waals surface area contributed by atoms with E-state index in [2.05, 4.69) is 20.6 Å². The van der Waals surface area contributed by atoms with Crippen molar-refractivity contribution in [2.24, 2.45) is 0 Å². The number of aryl methyl sites for hydroxylation is 1. The molecule has 0 unspecified atom stereocenters. The number of rotatable bonds is 6. The Kier molecular flexibility index (Phi) is 3.81. The molecule has 0 spiro atoms. The predicted octanol–water partition coefficient (Wildman–Crippen LogP) is 2.74. The van der Waals surface area contributed by atoms with Crippen LogP contribution in [-0.4, -0.2) is 26.4 Å². The van der Waals surface area contributed by atoms with Crippen LogP contribution in [0.15, 0.2) is 18.5 Å². The summed E-state index contributed by atoms with van der Waals surface area (Å²) in [4.78, 5) is 0. The third-order valence-electron chi connectivity index (χ3n) is 3.43. The van der Waals surface area contributed by atoms with Gasteiger partial charge in [-0.15, -0.1) is 0 Å². The Labute approximate surface area is 121 Å². The van der Waals surface area contributed by atoms with Gasteiger partial charge < -0.3 is 5.32 Å². The Morgan fingerprint density at radius 2 is 2.19 bits per heavy atom. The molecule has 7 heteroatoms. The van der Waals surface area contributed by atoms with Gasteiger partial charge in [0.05, 0.1) is 23.3 Å². The third kappa shape index (κ3) is 3.53. The zero-order valence-corrected chi connectivity index (χ0v) is 11.8. The lowest BCUT2D eigenvalue weighted by Gasteiger charge is -2.09. The second-order valence-electron chi connectivity index (χ2n) is 5.37. The van der Waals surface area contributed by atoms with Crippen molar-refractivity contribution in [3.63, 3.8) is 0 Å². The van der Waals surface area contributed by atoms with E-state index in [4.69, 9.17) is 0 Å². The second-order valence-corrected chi connectivity index (χ2v) is 5.37. The Hall–Kier alpha value is -2.05. The van der Waals surface area contributed by atoms with Gasteiger partial charge in [0.2, 0.25) is 0 Å². The van der Waals surface area contributed by atoms with Gasteiger partial charge in [-0.1, -0.05) is 0 Å². The van der Waals surface area contributed by atoms with Crippen LogP contribution >= 0.6 is 0 Å². The van der Waals surface area contributed by atoms with Gasteiger partial charge in [-0.3, -0.25) is 4.68 Å². The molecule has 3 rings (SSSR count). The van der Waals surface area contributed by atoms with Crippen molar-refractivity contribution in [2.45, 2.75) is 45.2 Å². The molecular formula is C14H17F2N5. The van der Waals surface area contributed by atoms with Crippen LogP contribution in [0.1, 0.15) is 35.7 Å². The number of nitrogens with zero attached hydrogens (tertiary/aromatic N) is 4. The standard InChI is InChI=1S/C14H17F2N5/c1-9-4-11(14(20-19-9)10-2-3-10)5-17-12-6-18-21(7-12)8-13(15)16/h4,6-7,10,13,17H,2-3,5,8H2,1H3. The first-order valence-electron chi connectivity index (χ1n) is 6.99. The maximum Gasteiger partial charge on any atom is 0.257 e. The molecule has 1 N–H and O–H groups in total. The van der Waals surface area contributed by atoms with Gasteiger partial charge >= 0.3 is 0 Å². The van der Waals surface area contributed by atoms with Gasteiger partial charge in [0, 0.05) is 18.7 Å². The summed E-state index contributed by atoms with van der Waals surface area (Å²) >= 11 is 0. The summed E-state index contributed by atoms with van der Waals surface area (Å²) in [6.45, 7) is 2.13. The summed E-state index contributed by atoms with van der Waals surface area (Å²) in [5.74, 6) is 0.524. The minimum Gasteiger partial charge on any atom is -0.378 e. The fraction of sp³-hybridized carbons (Fsp3) is 0.500. The van der Waals surface area contributed by atoms with Crippen molar-refractivity contribution in [2.75, 3.05) is 5.32 Å². The van der Waals surface area contributed by atoms with Gasteiger partial charge in [-0.05, 0) is 31.4 Å². The van der Waals surface area contributed by atoms with Crippen LogP contribution in [0.3, 0.4) is 0 Å². The predicted molar refractivity (Wildman–Crippen MR) is 74.3 cm³/mol. The molecule has 5 nitrogen and oxygen atoms in total. The Balaban J connectivity index is 1.67. The lowest BCUT2D eigenvalue weighted by Crippen LogP contribution is -2.07. The SMILES string of the molecule is Cc1cc(CNc2cnn(CC(F)F)c2)c(C2CC2)nn1. The fourth-order valence-corrected chi connectivity index (χ4v) is 2.29. The zero-order chi connectivity index (χ0) is 14.8. The zero-order valence-electron chi connectivity index (χ0n) is 11.8. The topological polar surface area (TPSA) is 55.6 Å². The highest BCUT2D eigenvalue weighted by Crippen LogP contribution is 2.40. The van der Waals surface area contributed by atoms with Crippen LogP contribution in [-0.2, 0) is 13.1 Å². The van der Waals surface area contributed by atoms with Crippen molar-refractivity contribution >= 4 is 5.69 Å². The van der Waals surface area contributed by atoms with E-state index in [1.54, 1.807) is 12.4 Å². The van der Waals surface area contributed by atoms with E-state index in [0.29, 0.717) is 12.5 Å². The molecule has 2 heterocycles. The molecule has 21 heavy (non-hydrogen) atoms. The van der Waals surface area contributed by atoms with Crippen LogP contribution in [0.4, 0.5) is 14.5 Å². The fourth-order valence-electron chi connectivity index (χ4n) is 2.29. The summed E-state index contributed by atoms with van der Waals surface area (Å²) in [6, 6.07) is 2.03. The summed E-state index contributed by atoms with van der Waals surface area (Å²) in [6.07, 6.45) is 3.07. The van der Waals surface area contributed by atoms with Crippen molar-refractivity contribution in [1.82, 2.24) is 20.0 Å². The van der Waals surface area contributed by atoms with Crippen molar-refractivity contribution < 1.29 is 8.78 Å². The molecule has 0 aromatic carbocycles. The Morgan fingerprint density at radius 3 is 2.90 bits per heavy atom. The number of halogens is 2. The van der Waals surface area contributed by atoms with Gasteiger partial charge in [0.1, 0.15) is 6.54 Å². The maximum absolute atomic E-state index is 12.3. The molecule has 0 aliphatic heterocycles. The summed E-state index contributed by atoms with van der Waals surface area (Å²) in [5, 5.41) is 15.5. The van der Waals surface area contributed by atoms with E-state index in [1.165, 1.54) is 4.68 Å². The Bertz CT molecular complexity index is 622. The molecule has 2 aromatic rings. The number of hydrogen-bond donors (Lipinski definition) is 1. The third-order valence-corrected chi connectivity index (χ3v) is 3.43. The van der Waals surface area contributed by atoms with Crippen LogP contribution in [0.25, 0.3) is 0 Å². The minimum atomic E-state index is -2.40. The van der Waals surface area contributed by atoms with Gasteiger partial charge in [0.15, 0.2) is 0 Å². The van der Waals surface area contributed by atoms with Gasteiger partial charge in [0.25, 0.3) is 6.43 Å². The molecule has 0 bridgehead atoms. The first-order valence-corrected chi connectivity index (χ1v) is 6.99. The normalized spacial score (nSPS) is 14.7. The quantitative estimate of drug-likeness (QED) is 0.889. The molecule has 1 fully saturated rings. The number of nitrogens with one attached hydrogen (secondary N) is 1. The number of aromatic nitrogens is 4. The molecule has 112 valence electrons. The summed E-state index contributed by atoms with van der Waals surface area (Å²) in [5.41, 5.74) is 3.77. The van der Waals surface area contributed by atoms with Crippen LogP contribution in [0, 0.1) is 6.92 Å². The second kappa shape index (κ2) is 5.75. The lowest BCUT2D eigenvalue weighted by atomic mass is 10.1. The number of anilines is 1. The highest BCUT2D eigenvalue weighted by molar-refractivity contribution is 5.40. The molecule has 0 atom stereocenters. The van der Waals surface area contributed by atoms with E-state index < -0.39 is 6.43 Å². The number of hydrogen-bond acceptors (Lipinski definition) is 4. The van der Waals surface area contributed by atoms with Gasteiger partial charge in [-0.25, -0.2) is 8.78 Å². The highest BCUT2D eigenvalue weighted by Gasteiger charge is 2.28. The summed E-state index contributed by atoms with van der Waals surface area (Å²) < 4.78 is 25.8. The smallest absolute Gasteiger partial charge is 0.257 e. The van der Waals surface area contributed by atoms with Crippen LogP contribution < -0.4 is 5.32 Å². The first kappa shape index (κ1) is 13.9. The molecule has 0 radical (unpaired) electrons. The number of alkyl halides is 2. The molecule has 0 amide bonds. The summed E-state index contributed by atoms with van der Waals surface area (Å²) in [7, 11) is 0. The van der Waals surface area contributed by atoms with E-state index >= 15 is 0 Å². The van der Waals surface area contributed by atoms with Gasteiger partial charge in [-0.2, -0.15) is 15.3 Å². The minimum absolute atomic E-state index is 0.384. The van der Waals surface area contributed by atoms with E-state index in [-0.39, 0.29) is 6.54 Å². The Morgan fingerprint density at radius 1 is 1.38 bits per heavy atom. The molecule has 1 aliphatic carbocycles. The molecule has 2 aromatic heterocycles. The van der Waals surface area contributed by atoms with E-state index in [0.717, 1.165) is 35.5 Å². The maximum atomic E-state index is 12.3. The van der Waals surface area contributed by atoms with Crippen molar-refractivity contribution in [3.8, 4) is 0 Å². The van der Waals surface area contributed by atoms with E-state index in [1.807, 2.05) is 13.0 Å². The van der Waals surface area contributed by atoms with Crippen molar-refractivity contribution in [1.29, 1.82) is 0 Å². The average Bonchev–Trinajstić information content (AvgIpc) is 3.17. The largest absolute Gasteiger partial charge is 0.378 e. The molecule has 1 aliphatic rings. The highest BCUT2D eigenvalue weighted by atomic mass is 19.3. The first-order chi connectivity index (χ1) is 10.1. The molecular weight excluding hydrogens is 276 g/mol.